The first-order valence-corrected chi connectivity index (χ1v) is 9.34. The van der Waals surface area contributed by atoms with E-state index in [1.165, 1.54) is 11.1 Å². The van der Waals surface area contributed by atoms with Crippen LogP contribution in [0.3, 0.4) is 0 Å². The van der Waals surface area contributed by atoms with Gasteiger partial charge >= 0.3 is 0 Å². The van der Waals surface area contributed by atoms with E-state index in [4.69, 9.17) is 0 Å². The van der Waals surface area contributed by atoms with E-state index >= 15 is 0 Å². The van der Waals surface area contributed by atoms with Gasteiger partial charge in [0.15, 0.2) is 0 Å². The van der Waals surface area contributed by atoms with Gasteiger partial charge in [-0.25, -0.2) is 4.98 Å². The molecule has 0 saturated heterocycles. The number of carbonyl (C=O) groups is 1. The van der Waals surface area contributed by atoms with Crippen molar-refractivity contribution in [2.75, 3.05) is 11.4 Å². The number of amides is 1. The lowest BCUT2D eigenvalue weighted by atomic mass is 10.00. The fourth-order valence-corrected chi connectivity index (χ4v) is 3.50. The van der Waals surface area contributed by atoms with Gasteiger partial charge in [0, 0.05) is 19.3 Å². The summed E-state index contributed by atoms with van der Waals surface area (Å²) in [7, 11) is 0. The second kappa shape index (κ2) is 7.62. The van der Waals surface area contributed by atoms with E-state index < -0.39 is 0 Å². The molecule has 0 spiro atoms. The summed E-state index contributed by atoms with van der Waals surface area (Å²) in [4.78, 5) is 19.3. The van der Waals surface area contributed by atoms with E-state index in [1.54, 1.807) is 6.20 Å². The van der Waals surface area contributed by atoms with Gasteiger partial charge in [0.1, 0.15) is 5.82 Å². The molecule has 0 saturated carbocycles. The third kappa shape index (κ3) is 3.85. The lowest BCUT2D eigenvalue weighted by Gasteiger charge is -2.29. The molecule has 2 aromatic carbocycles. The molecular weight excluding hydrogens is 334 g/mol. The van der Waals surface area contributed by atoms with Crippen molar-refractivity contribution in [1.29, 1.82) is 0 Å². The standard InChI is InChI=1S/C23H23N3O/c1-17(18-7-3-2-4-8-18)25-23(27)20-11-12-22(24-15-20)26-14-13-19-9-5-6-10-21(19)16-26/h2-12,15,17H,13-14,16H2,1H3,(H,25,27). The minimum Gasteiger partial charge on any atom is -0.352 e. The Balaban J connectivity index is 1.42. The van der Waals surface area contributed by atoms with Crippen molar-refractivity contribution < 1.29 is 4.79 Å². The number of fused-ring (bicyclic) bond motifs is 1. The number of anilines is 1. The Morgan fingerprint density at radius 3 is 2.48 bits per heavy atom. The van der Waals surface area contributed by atoms with Crippen LogP contribution < -0.4 is 10.2 Å². The molecule has 4 nitrogen and oxygen atoms in total. The average molecular weight is 357 g/mol. The molecule has 1 aliphatic heterocycles. The SMILES string of the molecule is CC(NC(=O)c1ccc(N2CCc3ccccc3C2)nc1)c1ccccc1. The molecular formula is C23H23N3O. The molecule has 2 heterocycles. The van der Waals surface area contributed by atoms with E-state index in [0.717, 1.165) is 30.9 Å². The minimum atomic E-state index is -0.102. The zero-order chi connectivity index (χ0) is 18.6. The molecule has 1 aromatic heterocycles. The number of hydrogen-bond donors (Lipinski definition) is 1. The van der Waals surface area contributed by atoms with Crippen LogP contribution in [0.4, 0.5) is 5.82 Å². The van der Waals surface area contributed by atoms with Crippen LogP contribution in [0.15, 0.2) is 72.9 Å². The van der Waals surface area contributed by atoms with Crippen LogP contribution >= 0.6 is 0 Å². The van der Waals surface area contributed by atoms with Crippen LogP contribution in [0.1, 0.15) is 40.0 Å². The van der Waals surface area contributed by atoms with Crippen LogP contribution in [-0.4, -0.2) is 17.4 Å². The zero-order valence-electron chi connectivity index (χ0n) is 15.4. The Morgan fingerprint density at radius 2 is 1.74 bits per heavy atom. The Bertz CT molecular complexity index is 922. The fourth-order valence-electron chi connectivity index (χ4n) is 3.50. The monoisotopic (exact) mass is 357 g/mol. The van der Waals surface area contributed by atoms with Gasteiger partial charge in [-0.1, -0.05) is 54.6 Å². The topological polar surface area (TPSA) is 45.2 Å². The molecule has 1 aliphatic rings. The van der Waals surface area contributed by atoms with Crippen molar-refractivity contribution in [2.45, 2.75) is 25.9 Å². The first kappa shape index (κ1) is 17.3. The summed E-state index contributed by atoms with van der Waals surface area (Å²) in [5.41, 5.74) is 4.44. The number of hydrogen-bond acceptors (Lipinski definition) is 3. The smallest absolute Gasteiger partial charge is 0.253 e. The summed E-state index contributed by atoms with van der Waals surface area (Å²) < 4.78 is 0. The van der Waals surface area contributed by atoms with Gasteiger partial charge in [0.25, 0.3) is 5.91 Å². The fraction of sp³-hybridized carbons (Fsp3) is 0.217. The molecule has 1 atom stereocenters. The predicted molar refractivity (Wildman–Crippen MR) is 108 cm³/mol. The second-order valence-electron chi connectivity index (χ2n) is 6.95. The normalized spacial score (nSPS) is 14.3. The molecule has 136 valence electrons. The van der Waals surface area contributed by atoms with Crippen molar-refractivity contribution in [3.63, 3.8) is 0 Å². The van der Waals surface area contributed by atoms with Gasteiger partial charge < -0.3 is 10.2 Å². The summed E-state index contributed by atoms with van der Waals surface area (Å²) in [5, 5.41) is 3.03. The summed E-state index contributed by atoms with van der Waals surface area (Å²) >= 11 is 0. The highest BCUT2D eigenvalue weighted by Crippen LogP contribution is 2.23. The molecule has 4 heteroatoms. The first-order chi connectivity index (χ1) is 13.2. The van der Waals surface area contributed by atoms with Crippen LogP contribution in [0.2, 0.25) is 0 Å². The number of nitrogens with one attached hydrogen (secondary N) is 1. The van der Waals surface area contributed by atoms with Crippen molar-refractivity contribution in [1.82, 2.24) is 10.3 Å². The summed E-state index contributed by atoms with van der Waals surface area (Å²) in [6.07, 6.45) is 2.69. The van der Waals surface area contributed by atoms with E-state index in [9.17, 15) is 4.79 Å². The van der Waals surface area contributed by atoms with Gasteiger partial charge in [0.05, 0.1) is 11.6 Å². The molecule has 4 rings (SSSR count). The Labute approximate surface area is 159 Å². The molecule has 1 amide bonds. The van der Waals surface area contributed by atoms with Crippen molar-refractivity contribution in [3.8, 4) is 0 Å². The van der Waals surface area contributed by atoms with Crippen LogP contribution in [0.5, 0.6) is 0 Å². The van der Waals surface area contributed by atoms with E-state index in [-0.39, 0.29) is 11.9 Å². The molecule has 0 bridgehead atoms. The average Bonchev–Trinajstić information content (AvgIpc) is 2.74. The van der Waals surface area contributed by atoms with E-state index in [1.807, 2.05) is 49.4 Å². The number of nitrogens with zero attached hydrogens (tertiary/aromatic N) is 2. The maximum Gasteiger partial charge on any atom is 0.253 e. The summed E-state index contributed by atoms with van der Waals surface area (Å²) in [6.45, 7) is 3.79. The minimum absolute atomic E-state index is 0.0445. The molecule has 3 aromatic rings. The number of aromatic nitrogens is 1. The summed E-state index contributed by atoms with van der Waals surface area (Å²) in [5.74, 6) is 0.812. The Hall–Kier alpha value is -3.14. The van der Waals surface area contributed by atoms with Gasteiger partial charge in [-0.3, -0.25) is 4.79 Å². The molecule has 27 heavy (non-hydrogen) atoms. The zero-order valence-corrected chi connectivity index (χ0v) is 15.4. The van der Waals surface area contributed by atoms with Crippen LogP contribution in [-0.2, 0) is 13.0 Å². The molecule has 0 aliphatic carbocycles. The second-order valence-corrected chi connectivity index (χ2v) is 6.95. The molecule has 1 N–H and O–H groups in total. The quantitative estimate of drug-likeness (QED) is 0.763. The third-order valence-corrected chi connectivity index (χ3v) is 5.11. The lowest BCUT2D eigenvalue weighted by molar-refractivity contribution is 0.0939. The maximum absolute atomic E-state index is 12.5. The van der Waals surface area contributed by atoms with E-state index in [0.29, 0.717) is 5.56 Å². The van der Waals surface area contributed by atoms with Crippen LogP contribution in [0.25, 0.3) is 0 Å². The largest absolute Gasteiger partial charge is 0.352 e. The number of pyridine rings is 1. The van der Waals surface area contributed by atoms with Gasteiger partial charge in [-0.05, 0) is 42.2 Å². The highest BCUT2D eigenvalue weighted by molar-refractivity contribution is 5.94. The first-order valence-electron chi connectivity index (χ1n) is 9.34. The predicted octanol–water partition coefficient (Wildman–Crippen LogP) is 4.14. The summed E-state index contributed by atoms with van der Waals surface area (Å²) in [6, 6.07) is 22.3. The van der Waals surface area contributed by atoms with Crippen molar-refractivity contribution in [2.24, 2.45) is 0 Å². The van der Waals surface area contributed by atoms with Crippen molar-refractivity contribution in [3.05, 3.63) is 95.2 Å². The number of carbonyl (C=O) groups excluding carboxylic acids is 1. The molecule has 1 unspecified atom stereocenters. The Morgan fingerprint density at radius 1 is 1.00 bits per heavy atom. The van der Waals surface area contributed by atoms with Gasteiger partial charge in [-0.2, -0.15) is 0 Å². The van der Waals surface area contributed by atoms with Gasteiger partial charge in [0.2, 0.25) is 0 Å². The maximum atomic E-state index is 12.5. The lowest BCUT2D eigenvalue weighted by Crippen LogP contribution is -2.31. The third-order valence-electron chi connectivity index (χ3n) is 5.11. The Kier molecular flexibility index (Phi) is 4.88. The number of rotatable bonds is 4. The van der Waals surface area contributed by atoms with E-state index in [2.05, 4.69) is 39.5 Å². The van der Waals surface area contributed by atoms with Crippen LogP contribution in [0, 0.1) is 0 Å². The molecule has 0 fully saturated rings. The highest BCUT2D eigenvalue weighted by atomic mass is 16.1. The molecule has 0 radical (unpaired) electrons. The van der Waals surface area contributed by atoms with Gasteiger partial charge in [-0.15, -0.1) is 0 Å². The highest BCUT2D eigenvalue weighted by Gasteiger charge is 2.18. The number of benzene rings is 2. The van der Waals surface area contributed by atoms with Crippen molar-refractivity contribution >= 4 is 11.7 Å².